The molecule has 2 aliphatic rings. The van der Waals surface area contributed by atoms with E-state index in [0.29, 0.717) is 23.7 Å². The second-order valence-electron chi connectivity index (χ2n) is 5.19. The van der Waals surface area contributed by atoms with E-state index in [4.69, 9.17) is 9.84 Å². The number of fused-ring (bicyclic) bond motifs is 1. The lowest BCUT2D eigenvalue weighted by Crippen LogP contribution is -2.19. The standard InChI is InChI=1S/C16H15N3O3/c1-19-8-11(9-20)22-16(19)10(7-17)6-14-15(21)12-4-2-3-5-13(12)18-14/h2-6,11,18,20H,8-9H2,1H3/b14-6+,16-10-/t11-/m0/s1. The van der Waals surface area contributed by atoms with E-state index in [1.165, 1.54) is 6.08 Å². The minimum absolute atomic E-state index is 0.119. The molecule has 2 heterocycles. The second-order valence-corrected chi connectivity index (χ2v) is 5.19. The molecule has 22 heavy (non-hydrogen) atoms. The first kappa shape index (κ1) is 14.2. The Kier molecular flexibility index (Phi) is 3.57. The summed E-state index contributed by atoms with van der Waals surface area (Å²) in [6.07, 6.45) is 1.14. The Balaban J connectivity index is 1.95. The number of rotatable bonds is 2. The summed E-state index contributed by atoms with van der Waals surface area (Å²) in [7, 11) is 1.78. The van der Waals surface area contributed by atoms with Crippen LogP contribution in [0.5, 0.6) is 0 Å². The number of allylic oxidation sites excluding steroid dienone is 3. The van der Waals surface area contributed by atoms with Crippen molar-refractivity contribution in [2.45, 2.75) is 6.10 Å². The topological polar surface area (TPSA) is 85.6 Å². The van der Waals surface area contributed by atoms with Crippen LogP contribution in [0.1, 0.15) is 10.4 Å². The number of nitriles is 1. The summed E-state index contributed by atoms with van der Waals surface area (Å²) in [6, 6.07) is 9.24. The summed E-state index contributed by atoms with van der Waals surface area (Å²) >= 11 is 0. The van der Waals surface area contributed by atoms with Gasteiger partial charge in [-0.05, 0) is 18.2 Å². The average Bonchev–Trinajstić information content (AvgIpc) is 3.06. The van der Waals surface area contributed by atoms with Gasteiger partial charge in [0.2, 0.25) is 11.7 Å². The molecular weight excluding hydrogens is 282 g/mol. The van der Waals surface area contributed by atoms with Crippen molar-refractivity contribution in [2.24, 2.45) is 0 Å². The number of ketones is 1. The number of nitrogens with zero attached hydrogens (tertiary/aromatic N) is 2. The number of anilines is 1. The van der Waals surface area contributed by atoms with Crippen LogP contribution in [-0.2, 0) is 4.74 Å². The van der Waals surface area contributed by atoms with Crippen LogP contribution in [0.25, 0.3) is 0 Å². The van der Waals surface area contributed by atoms with Crippen LogP contribution in [0, 0.1) is 11.3 Å². The summed E-state index contributed by atoms with van der Waals surface area (Å²) in [5.41, 5.74) is 1.91. The van der Waals surface area contributed by atoms with Crippen LogP contribution in [-0.4, -0.2) is 42.1 Å². The van der Waals surface area contributed by atoms with Gasteiger partial charge >= 0.3 is 0 Å². The monoisotopic (exact) mass is 297 g/mol. The van der Waals surface area contributed by atoms with Gasteiger partial charge in [0.25, 0.3) is 0 Å². The van der Waals surface area contributed by atoms with Gasteiger partial charge in [0.1, 0.15) is 17.7 Å². The number of likely N-dealkylation sites (N-methyl/N-ethyl adjacent to an activating group) is 1. The molecule has 3 rings (SSSR count). The molecular formula is C16H15N3O3. The molecule has 0 aliphatic carbocycles. The predicted octanol–water partition coefficient (Wildman–Crippen LogP) is 1.24. The Morgan fingerprint density at radius 1 is 1.59 bits per heavy atom. The zero-order valence-corrected chi connectivity index (χ0v) is 12.0. The van der Waals surface area contributed by atoms with Gasteiger partial charge < -0.3 is 20.1 Å². The van der Waals surface area contributed by atoms with Crippen molar-refractivity contribution in [2.75, 3.05) is 25.5 Å². The van der Waals surface area contributed by atoms with Gasteiger partial charge in [-0.1, -0.05) is 12.1 Å². The molecule has 0 spiro atoms. The van der Waals surface area contributed by atoms with Crippen LogP contribution in [0.15, 0.2) is 47.5 Å². The third-order valence-electron chi connectivity index (χ3n) is 3.63. The molecule has 0 bridgehead atoms. The highest BCUT2D eigenvalue weighted by Gasteiger charge is 2.29. The van der Waals surface area contributed by atoms with Gasteiger partial charge in [-0.25, -0.2) is 0 Å². The predicted molar refractivity (Wildman–Crippen MR) is 79.7 cm³/mol. The number of nitrogens with one attached hydrogen (secondary N) is 1. The third-order valence-corrected chi connectivity index (χ3v) is 3.63. The maximum Gasteiger partial charge on any atom is 0.211 e. The Morgan fingerprint density at radius 2 is 2.36 bits per heavy atom. The molecule has 0 aromatic heterocycles. The van der Waals surface area contributed by atoms with E-state index in [1.807, 2.05) is 12.1 Å². The van der Waals surface area contributed by atoms with Crippen LogP contribution < -0.4 is 5.32 Å². The molecule has 1 atom stereocenters. The van der Waals surface area contributed by atoms with Crippen LogP contribution in [0.2, 0.25) is 0 Å². The van der Waals surface area contributed by atoms with E-state index in [0.717, 1.165) is 5.69 Å². The zero-order valence-electron chi connectivity index (χ0n) is 12.0. The molecule has 2 N–H and O–H groups in total. The van der Waals surface area contributed by atoms with Crippen molar-refractivity contribution < 1.29 is 14.6 Å². The smallest absolute Gasteiger partial charge is 0.211 e. The normalized spacial score (nSPS) is 23.9. The van der Waals surface area contributed by atoms with E-state index in [1.54, 1.807) is 24.1 Å². The molecule has 1 fully saturated rings. The molecule has 1 saturated heterocycles. The van der Waals surface area contributed by atoms with E-state index in [9.17, 15) is 10.1 Å². The number of aliphatic hydroxyl groups excluding tert-OH is 1. The molecule has 6 nitrogen and oxygen atoms in total. The van der Waals surface area contributed by atoms with Crippen molar-refractivity contribution in [1.82, 2.24) is 4.90 Å². The van der Waals surface area contributed by atoms with E-state index >= 15 is 0 Å². The Hall–Kier alpha value is -2.78. The minimum Gasteiger partial charge on any atom is -0.470 e. The van der Waals surface area contributed by atoms with Gasteiger partial charge in [-0.2, -0.15) is 5.26 Å². The Morgan fingerprint density at radius 3 is 3.00 bits per heavy atom. The lowest BCUT2D eigenvalue weighted by Gasteiger charge is -2.10. The SMILES string of the molecule is CN1C[C@@H](CO)O/C1=C(C#N)/C=C1/Nc2ccccc2C1=O. The molecule has 0 unspecified atom stereocenters. The molecule has 1 aromatic rings. The summed E-state index contributed by atoms with van der Waals surface area (Å²) in [5, 5.41) is 21.5. The van der Waals surface area contributed by atoms with Crippen molar-refractivity contribution in [3.8, 4) is 6.07 Å². The van der Waals surface area contributed by atoms with Gasteiger partial charge in [0.05, 0.1) is 18.8 Å². The summed E-state index contributed by atoms with van der Waals surface area (Å²) < 4.78 is 5.55. The minimum atomic E-state index is -0.355. The number of hydrogen-bond acceptors (Lipinski definition) is 6. The van der Waals surface area contributed by atoms with E-state index in [2.05, 4.69) is 11.4 Å². The Labute approximate surface area is 127 Å². The van der Waals surface area contributed by atoms with Crippen LogP contribution in [0.4, 0.5) is 5.69 Å². The Bertz CT molecular complexity index is 730. The van der Waals surface area contributed by atoms with Gasteiger partial charge in [-0.3, -0.25) is 4.79 Å². The number of ether oxygens (including phenoxy) is 1. The van der Waals surface area contributed by atoms with E-state index < -0.39 is 0 Å². The number of aliphatic hydroxyl groups is 1. The quantitative estimate of drug-likeness (QED) is 0.631. The summed E-state index contributed by atoms with van der Waals surface area (Å²) in [5.74, 6) is 0.225. The highest BCUT2D eigenvalue weighted by Crippen LogP contribution is 2.29. The summed E-state index contributed by atoms with van der Waals surface area (Å²) in [6.45, 7) is 0.382. The number of benzene rings is 1. The fourth-order valence-corrected chi connectivity index (χ4v) is 2.56. The van der Waals surface area contributed by atoms with Crippen LogP contribution >= 0.6 is 0 Å². The molecule has 6 heteroatoms. The third kappa shape index (κ3) is 2.32. The van der Waals surface area contributed by atoms with Crippen LogP contribution in [0.3, 0.4) is 0 Å². The molecule has 0 amide bonds. The molecule has 112 valence electrons. The zero-order chi connectivity index (χ0) is 15.7. The fraction of sp³-hybridized carbons (Fsp3) is 0.250. The van der Waals surface area contributed by atoms with E-state index in [-0.39, 0.29) is 24.1 Å². The first-order valence-electron chi connectivity index (χ1n) is 6.89. The maximum atomic E-state index is 12.3. The molecule has 0 radical (unpaired) electrons. The van der Waals surface area contributed by atoms with Gasteiger partial charge in [-0.15, -0.1) is 0 Å². The van der Waals surface area contributed by atoms with Crippen molar-refractivity contribution >= 4 is 11.5 Å². The van der Waals surface area contributed by atoms with Crippen molar-refractivity contribution in [3.63, 3.8) is 0 Å². The molecule has 2 aliphatic heterocycles. The number of para-hydroxylation sites is 1. The maximum absolute atomic E-state index is 12.3. The first-order chi connectivity index (χ1) is 10.6. The second kappa shape index (κ2) is 5.54. The van der Waals surface area contributed by atoms with Crippen molar-refractivity contribution in [1.29, 1.82) is 5.26 Å². The largest absolute Gasteiger partial charge is 0.470 e. The lowest BCUT2D eigenvalue weighted by molar-refractivity contribution is 0.0963. The first-order valence-corrected chi connectivity index (χ1v) is 6.89. The number of Topliss-reactive ketones (excluding diaryl/α,β-unsaturated/α-hetero) is 1. The average molecular weight is 297 g/mol. The number of carbonyl (C=O) groups excluding carboxylic acids is 1. The summed E-state index contributed by atoms with van der Waals surface area (Å²) in [4.78, 5) is 14.1. The highest BCUT2D eigenvalue weighted by atomic mass is 16.5. The van der Waals surface area contributed by atoms with Crippen molar-refractivity contribution in [3.05, 3.63) is 53.1 Å². The molecule has 1 aromatic carbocycles. The molecule has 0 saturated carbocycles. The lowest BCUT2D eigenvalue weighted by atomic mass is 10.1. The number of hydrogen-bond donors (Lipinski definition) is 2. The van der Waals surface area contributed by atoms with Gasteiger partial charge in [0.15, 0.2) is 0 Å². The highest BCUT2D eigenvalue weighted by molar-refractivity contribution is 6.18. The number of carbonyl (C=O) groups is 1. The fourth-order valence-electron chi connectivity index (χ4n) is 2.56. The van der Waals surface area contributed by atoms with Gasteiger partial charge in [0, 0.05) is 18.3 Å².